The van der Waals surface area contributed by atoms with Crippen molar-refractivity contribution in [1.29, 1.82) is 0 Å². The van der Waals surface area contributed by atoms with Crippen molar-refractivity contribution in [1.82, 2.24) is 10.2 Å². The summed E-state index contributed by atoms with van der Waals surface area (Å²) in [5, 5.41) is 5.53. The van der Waals surface area contributed by atoms with Gasteiger partial charge in [0.15, 0.2) is 0 Å². The van der Waals surface area contributed by atoms with E-state index in [1.54, 1.807) is 18.2 Å². The molecule has 0 saturated carbocycles. The van der Waals surface area contributed by atoms with E-state index in [1.807, 2.05) is 4.90 Å². The Morgan fingerprint density at radius 3 is 3.05 bits per heavy atom. The number of nitrogen functional groups attached to an aromatic ring is 1. The number of ether oxygens (including phenoxy) is 1. The lowest BCUT2D eigenvalue weighted by Gasteiger charge is -2.26. The molecule has 1 heterocycles. The molecular formula is C14H20N4O3. The van der Waals surface area contributed by atoms with Gasteiger partial charge >= 0.3 is 0 Å². The average molecular weight is 292 g/mol. The SMILES string of the molecule is COc1ccc(N)cc1NC(=O)CCN1CCNC(=O)C1. The van der Waals surface area contributed by atoms with Crippen LogP contribution in [0.15, 0.2) is 18.2 Å². The van der Waals surface area contributed by atoms with Crippen molar-refractivity contribution >= 4 is 23.2 Å². The van der Waals surface area contributed by atoms with Gasteiger partial charge in [0, 0.05) is 31.7 Å². The van der Waals surface area contributed by atoms with Gasteiger partial charge < -0.3 is 21.1 Å². The number of nitrogens with two attached hydrogens (primary N) is 1. The maximum absolute atomic E-state index is 12.0. The van der Waals surface area contributed by atoms with Gasteiger partial charge in [-0.25, -0.2) is 0 Å². The summed E-state index contributed by atoms with van der Waals surface area (Å²) in [5.41, 5.74) is 6.81. The second-order valence-electron chi connectivity index (χ2n) is 4.88. The Kier molecular flexibility index (Phi) is 4.99. The molecule has 2 amide bonds. The number of nitrogens with one attached hydrogen (secondary N) is 2. The molecule has 1 aromatic carbocycles. The van der Waals surface area contributed by atoms with E-state index >= 15 is 0 Å². The van der Waals surface area contributed by atoms with Crippen LogP contribution in [0.25, 0.3) is 0 Å². The smallest absolute Gasteiger partial charge is 0.234 e. The van der Waals surface area contributed by atoms with Gasteiger partial charge in [0.25, 0.3) is 0 Å². The molecule has 4 N–H and O–H groups in total. The fraction of sp³-hybridized carbons (Fsp3) is 0.429. The average Bonchev–Trinajstić information content (AvgIpc) is 2.45. The molecule has 0 bridgehead atoms. The molecule has 0 unspecified atom stereocenters. The Labute approximate surface area is 123 Å². The van der Waals surface area contributed by atoms with Crippen LogP contribution in [0, 0.1) is 0 Å². The molecule has 0 atom stereocenters. The Bertz CT molecular complexity index is 533. The van der Waals surface area contributed by atoms with Gasteiger partial charge in [-0.2, -0.15) is 0 Å². The minimum Gasteiger partial charge on any atom is -0.495 e. The van der Waals surface area contributed by atoms with E-state index in [4.69, 9.17) is 10.5 Å². The van der Waals surface area contributed by atoms with E-state index in [9.17, 15) is 9.59 Å². The Hall–Kier alpha value is -2.28. The molecule has 7 nitrogen and oxygen atoms in total. The molecule has 1 fully saturated rings. The summed E-state index contributed by atoms with van der Waals surface area (Å²) in [4.78, 5) is 25.2. The van der Waals surface area contributed by atoms with Crippen molar-refractivity contribution in [2.45, 2.75) is 6.42 Å². The lowest BCUT2D eigenvalue weighted by Crippen LogP contribution is -2.48. The molecule has 1 aliphatic rings. The van der Waals surface area contributed by atoms with Crippen LogP contribution in [0.4, 0.5) is 11.4 Å². The summed E-state index contributed by atoms with van der Waals surface area (Å²) < 4.78 is 5.18. The van der Waals surface area contributed by atoms with Crippen LogP contribution in [0.1, 0.15) is 6.42 Å². The van der Waals surface area contributed by atoms with Crippen LogP contribution < -0.4 is 21.1 Å². The molecule has 21 heavy (non-hydrogen) atoms. The van der Waals surface area contributed by atoms with Crippen LogP contribution in [-0.2, 0) is 9.59 Å². The maximum Gasteiger partial charge on any atom is 0.234 e. The first-order chi connectivity index (χ1) is 10.1. The number of carbonyl (C=O) groups excluding carboxylic acids is 2. The Balaban J connectivity index is 1.87. The quantitative estimate of drug-likeness (QED) is 0.666. The van der Waals surface area contributed by atoms with Crippen molar-refractivity contribution < 1.29 is 14.3 Å². The third-order valence-corrected chi connectivity index (χ3v) is 3.27. The van der Waals surface area contributed by atoms with Crippen molar-refractivity contribution in [3.8, 4) is 5.75 Å². The maximum atomic E-state index is 12.0. The lowest BCUT2D eigenvalue weighted by molar-refractivity contribution is -0.125. The van der Waals surface area contributed by atoms with Gasteiger partial charge in [0.05, 0.1) is 19.3 Å². The second-order valence-corrected chi connectivity index (χ2v) is 4.88. The number of hydrogen-bond acceptors (Lipinski definition) is 5. The highest BCUT2D eigenvalue weighted by molar-refractivity contribution is 5.93. The molecule has 0 aromatic heterocycles. The molecule has 0 aliphatic carbocycles. The number of carbonyl (C=O) groups is 2. The van der Waals surface area contributed by atoms with Gasteiger partial charge in [0.2, 0.25) is 11.8 Å². The standard InChI is InChI=1S/C14H20N4O3/c1-21-12-3-2-10(15)8-11(12)17-13(19)4-6-18-7-5-16-14(20)9-18/h2-3,8H,4-7,9,15H2,1H3,(H,16,20)(H,17,19). The molecule has 7 heteroatoms. The van der Waals surface area contributed by atoms with Crippen molar-refractivity contribution in [3.63, 3.8) is 0 Å². The Morgan fingerprint density at radius 2 is 2.33 bits per heavy atom. The molecule has 114 valence electrons. The molecular weight excluding hydrogens is 272 g/mol. The van der Waals surface area contributed by atoms with Gasteiger partial charge in [0.1, 0.15) is 5.75 Å². The van der Waals surface area contributed by atoms with E-state index in [1.165, 1.54) is 7.11 Å². The van der Waals surface area contributed by atoms with Crippen molar-refractivity contribution in [3.05, 3.63) is 18.2 Å². The summed E-state index contributed by atoms with van der Waals surface area (Å²) >= 11 is 0. The van der Waals surface area contributed by atoms with E-state index < -0.39 is 0 Å². The number of piperazine rings is 1. The number of amides is 2. The van der Waals surface area contributed by atoms with Crippen molar-refractivity contribution in [2.75, 3.05) is 44.3 Å². The van der Waals surface area contributed by atoms with E-state index in [-0.39, 0.29) is 11.8 Å². The summed E-state index contributed by atoms with van der Waals surface area (Å²) in [6.45, 7) is 2.28. The molecule has 1 aromatic rings. The highest BCUT2D eigenvalue weighted by atomic mass is 16.5. The van der Waals surface area contributed by atoms with Gasteiger partial charge in [-0.3, -0.25) is 14.5 Å². The highest BCUT2D eigenvalue weighted by Gasteiger charge is 2.17. The predicted octanol–water partition coefficient (Wildman–Crippen LogP) is 0.0378. The van der Waals surface area contributed by atoms with E-state index in [0.717, 1.165) is 6.54 Å². The van der Waals surface area contributed by atoms with Crippen LogP contribution in [0.5, 0.6) is 5.75 Å². The van der Waals surface area contributed by atoms with Crippen LogP contribution in [0.2, 0.25) is 0 Å². The number of benzene rings is 1. The monoisotopic (exact) mass is 292 g/mol. The fourth-order valence-corrected chi connectivity index (χ4v) is 2.18. The number of hydrogen-bond donors (Lipinski definition) is 3. The van der Waals surface area contributed by atoms with Gasteiger partial charge in [-0.1, -0.05) is 0 Å². The zero-order valence-corrected chi connectivity index (χ0v) is 12.0. The molecule has 1 aliphatic heterocycles. The molecule has 0 radical (unpaired) electrons. The third kappa shape index (κ3) is 4.35. The van der Waals surface area contributed by atoms with Crippen LogP contribution in [-0.4, -0.2) is 50.0 Å². The Morgan fingerprint density at radius 1 is 1.52 bits per heavy atom. The third-order valence-electron chi connectivity index (χ3n) is 3.27. The second kappa shape index (κ2) is 6.94. The van der Waals surface area contributed by atoms with Crippen molar-refractivity contribution in [2.24, 2.45) is 0 Å². The predicted molar refractivity (Wildman–Crippen MR) is 80.1 cm³/mol. The fourth-order valence-electron chi connectivity index (χ4n) is 2.18. The highest BCUT2D eigenvalue weighted by Crippen LogP contribution is 2.26. The van der Waals surface area contributed by atoms with Crippen LogP contribution >= 0.6 is 0 Å². The van der Waals surface area contributed by atoms with E-state index in [0.29, 0.717) is 43.2 Å². The largest absolute Gasteiger partial charge is 0.495 e. The van der Waals surface area contributed by atoms with E-state index in [2.05, 4.69) is 10.6 Å². The minimum absolute atomic E-state index is 0.000777. The summed E-state index contributed by atoms with van der Waals surface area (Å²) in [7, 11) is 1.54. The van der Waals surface area contributed by atoms with Gasteiger partial charge in [-0.05, 0) is 18.2 Å². The number of rotatable bonds is 5. The summed E-state index contributed by atoms with van der Waals surface area (Å²) in [5.74, 6) is 0.430. The molecule has 0 spiro atoms. The zero-order chi connectivity index (χ0) is 15.2. The first-order valence-corrected chi connectivity index (χ1v) is 6.81. The lowest BCUT2D eigenvalue weighted by atomic mass is 10.2. The summed E-state index contributed by atoms with van der Waals surface area (Å²) in [6, 6.07) is 5.08. The number of methoxy groups -OCH3 is 1. The number of anilines is 2. The minimum atomic E-state index is -0.134. The first-order valence-electron chi connectivity index (χ1n) is 6.81. The van der Waals surface area contributed by atoms with Gasteiger partial charge in [-0.15, -0.1) is 0 Å². The normalized spacial score (nSPS) is 15.4. The molecule has 2 rings (SSSR count). The first kappa shape index (κ1) is 15.1. The zero-order valence-electron chi connectivity index (χ0n) is 12.0. The topological polar surface area (TPSA) is 96.7 Å². The van der Waals surface area contributed by atoms with Crippen LogP contribution in [0.3, 0.4) is 0 Å². The summed E-state index contributed by atoms with van der Waals surface area (Å²) in [6.07, 6.45) is 0.311. The number of nitrogens with zero attached hydrogens (tertiary/aromatic N) is 1. The molecule has 1 saturated heterocycles.